The molecule has 0 bridgehead atoms. The van der Waals surface area contributed by atoms with Crippen molar-refractivity contribution < 1.29 is 25.5 Å². The summed E-state index contributed by atoms with van der Waals surface area (Å²) < 4.78 is 0. The topological polar surface area (TPSA) is 101 Å². The Balaban J connectivity index is 0.000000255. The van der Waals surface area contributed by atoms with E-state index in [4.69, 9.17) is 10.2 Å². The van der Waals surface area contributed by atoms with Crippen molar-refractivity contribution in [3.63, 3.8) is 0 Å². The summed E-state index contributed by atoms with van der Waals surface area (Å²) in [6.45, 7) is 9.15. The molecule has 0 aromatic carbocycles. The number of hydrogen-bond donors (Lipinski definition) is 5. The predicted molar refractivity (Wildman–Crippen MR) is 140 cm³/mol. The van der Waals surface area contributed by atoms with Crippen LogP contribution in [0.15, 0.2) is 0 Å². The molecule has 3 aliphatic carbocycles. The molecule has 0 amide bonds. The zero-order valence-corrected chi connectivity index (χ0v) is 22.7. The van der Waals surface area contributed by atoms with Crippen LogP contribution in [0.2, 0.25) is 0 Å². The molecule has 5 heteroatoms. The molecule has 34 heavy (non-hydrogen) atoms. The summed E-state index contributed by atoms with van der Waals surface area (Å²) in [4.78, 5) is 0. The van der Waals surface area contributed by atoms with E-state index in [1.54, 1.807) is 0 Å². The molecule has 3 rings (SSSR count). The lowest BCUT2D eigenvalue weighted by Gasteiger charge is -2.32. The third-order valence-corrected chi connectivity index (χ3v) is 8.90. The van der Waals surface area contributed by atoms with Gasteiger partial charge in [0.1, 0.15) is 0 Å². The molecule has 5 nitrogen and oxygen atoms in total. The zero-order valence-electron chi connectivity index (χ0n) is 22.7. The highest BCUT2D eigenvalue weighted by Gasteiger charge is 2.28. The van der Waals surface area contributed by atoms with E-state index in [0.717, 1.165) is 50.9 Å². The maximum Gasteiger partial charge on any atom is 0.0592 e. The molecule has 0 aromatic rings. The second-order valence-electron chi connectivity index (χ2n) is 11.6. The van der Waals surface area contributed by atoms with Gasteiger partial charge < -0.3 is 25.5 Å². The molecule has 204 valence electrons. The summed E-state index contributed by atoms with van der Waals surface area (Å²) in [6, 6.07) is 0. The normalized spacial score (nSPS) is 38.2. The van der Waals surface area contributed by atoms with Crippen molar-refractivity contribution in [3.8, 4) is 0 Å². The van der Waals surface area contributed by atoms with E-state index in [1.165, 1.54) is 44.9 Å². The first-order valence-corrected chi connectivity index (χ1v) is 14.5. The summed E-state index contributed by atoms with van der Waals surface area (Å²) in [6.07, 6.45) is 15.2. The molecule has 0 aliphatic heterocycles. The first-order chi connectivity index (χ1) is 16.3. The van der Waals surface area contributed by atoms with E-state index in [0.29, 0.717) is 23.7 Å². The van der Waals surface area contributed by atoms with Crippen molar-refractivity contribution in [1.82, 2.24) is 0 Å². The number of aliphatic hydroxyl groups is 5. The van der Waals surface area contributed by atoms with Crippen LogP contribution in [0.1, 0.15) is 118 Å². The van der Waals surface area contributed by atoms with Crippen LogP contribution in [0.3, 0.4) is 0 Å². The van der Waals surface area contributed by atoms with Crippen LogP contribution >= 0.6 is 0 Å². The Bertz CT molecular complexity index is 487. The highest BCUT2D eigenvalue weighted by molar-refractivity contribution is 4.80. The Morgan fingerprint density at radius 3 is 1.47 bits per heavy atom. The highest BCUT2D eigenvalue weighted by atomic mass is 16.3. The standard InChI is InChI=1S/C11H22O.2C9H18O2/c1-3-5-10-7-6-9(4-2)8-11(10)12;1-7-2-3-8(4-5-10)9(11)6-7;1-2-7-3-4-8(6-10)9(11)5-7/h9-12H,3-8H2,1-2H3;2*7-11H,2-6H2,1H3. The van der Waals surface area contributed by atoms with Crippen LogP contribution in [0.4, 0.5) is 0 Å². The molecule has 9 atom stereocenters. The third-order valence-electron chi connectivity index (χ3n) is 8.90. The Morgan fingerprint density at radius 2 is 1.06 bits per heavy atom. The fraction of sp³-hybridized carbons (Fsp3) is 1.00. The second kappa shape index (κ2) is 18.1. The fourth-order valence-electron chi connectivity index (χ4n) is 6.17. The molecule has 5 N–H and O–H groups in total. The Kier molecular flexibility index (Phi) is 17.0. The molecule has 3 fully saturated rings. The largest absolute Gasteiger partial charge is 0.396 e. The van der Waals surface area contributed by atoms with Gasteiger partial charge in [0.2, 0.25) is 0 Å². The van der Waals surface area contributed by atoms with E-state index in [9.17, 15) is 15.3 Å². The molecule has 3 saturated carbocycles. The summed E-state index contributed by atoms with van der Waals surface area (Å²) in [5, 5.41) is 46.4. The summed E-state index contributed by atoms with van der Waals surface area (Å²) >= 11 is 0. The molecule has 0 spiro atoms. The lowest BCUT2D eigenvalue weighted by molar-refractivity contribution is 0.0151. The van der Waals surface area contributed by atoms with Crippen LogP contribution in [0.25, 0.3) is 0 Å². The molecule has 3 aliphatic rings. The van der Waals surface area contributed by atoms with Crippen LogP contribution in [0.5, 0.6) is 0 Å². The number of rotatable bonds is 7. The third kappa shape index (κ3) is 11.7. The van der Waals surface area contributed by atoms with Crippen LogP contribution in [0, 0.1) is 35.5 Å². The summed E-state index contributed by atoms with van der Waals surface area (Å²) in [5.41, 5.74) is 0. The van der Waals surface area contributed by atoms with E-state index in [1.807, 2.05) is 0 Å². The van der Waals surface area contributed by atoms with Crippen LogP contribution in [-0.2, 0) is 0 Å². The second-order valence-corrected chi connectivity index (χ2v) is 11.6. The van der Waals surface area contributed by atoms with Crippen molar-refractivity contribution in [2.75, 3.05) is 13.2 Å². The van der Waals surface area contributed by atoms with E-state index < -0.39 is 0 Å². The van der Waals surface area contributed by atoms with E-state index in [2.05, 4.69) is 27.7 Å². The van der Waals surface area contributed by atoms with Gasteiger partial charge in [-0.1, -0.05) is 59.8 Å². The monoisotopic (exact) mass is 486 g/mol. The average molecular weight is 487 g/mol. The summed E-state index contributed by atoms with van der Waals surface area (Å²) in [7, 11) is 0. The lowest BCUT2D eigenvalue weighted by atomic mass is 9.77. The average Bonchev–Trinajstić information content (AvgIpc) is 2.83. The quantitative estimate of drug-likeness (QED) is 0.336. The van der Waals surface area contributed by atoms with Crippen LogP contribution in [-0.4, -0.2) is 57.1 Å². The van der Waals surface area contributed by atoms with Gasteiger partial charge in [-0.05, 0) is 87.4 Å². The zero-order chi connectivity index (χ0) is 25.5. The van der Waals surface area contributed by atoms with Crippen molar-refractivity contribution in [2.45, 2.75) is 136 Å². The maximum absolute atomic E-state index is 9.80. The van der Waals surface area contributed by atoms with Gasteiger partial charge in [0.15, 0.2) is 0 Å². The van der Waals surface area contributed by atoms with Gasteiger partial charge in [-0.3, -0.25) is 0 Å². The maximum atomic E-state index is 9.80. The minimum atomic E-state index is -0.251. The van der Waals surface area contributed by atoms with Crippen molar-refractivity contribution in [3.05, 3.63) is 0 Å². The SMILES string of the molecule is CC1CCC(CCO)C(O)C1.CCC1CCC(CO)C(O)C1.CCCC1CCC(CC)CC1O. The molecular formula is C29H58O5. The molecular weight excluding hydrogens is 428 g/mol. The van der Waals surface area contributed by atoms with E-state index in [-0.39, 0.29) is 37.4 Å². The van der Waals surface area contributed by atoms with Gasteiger partial charge in [0.05, 0.1) is 18.3 Å². The Hall–Kier alpha value is -0.200. The molecule has 0 radical (unpaired) electrons. The van der Waals surface area contributed by atoms with Gasteiger partial charge in [-0.2, -0.15) is 0 Å². The smallest absolute Gasteiger partial charge is 0.0592 e. The van der Waals surface area contributed by atoms with E-state index >= 15 is 0 Å². The minimum absolute atomic E-state index is 0.00338. The molecule has 9 unspecified atom stereocenters. The van der Waals surface area contributed by atoms with Gasteiger partial charge >= 0.3 is 0 Å². The van der Waals surface area contributed by atoms with Crippen molar-refractivity contribution >= 4 is 0 Å². The van der Waals surface area contributed by atoms with Gasteiger partial charge in [0, 0.05) is 19.1 Å². The Labute approximate surface area is 210 Å². The predicted octanol–water partition coefficient (Wildman–Crippen LogP) is 5.31. The van der Waals surface area contributed by atoms with Crippen molar-refractivity contribution in [2.24, 2.45) is 35.5 Å². The van der Waals surface area contributed by atoms with Crippen LogP contribution < -0.4 is 0 Å². The first-order valence-electron chi connectivity index (χ1n) is 14.5. The minimum Gasteiger partial charge on any atom is -0.396 e. The Morgan fingerprint density at radius 1 is 0.588 bits per heavy atom. The molecule has 0 aromatic heterocycles. The first kappa shape index (κ1) is 31.8. The van der Waals surface area contributed by atoms with Gasteiger partial charge in [-0.25, -0.2) is 0 Å². The van der Waals surface area contributed by atoms with Gasteiger partial charge in [0.25, 0.3) is 0 Å². The van der Waals surface area contributed by atoms with Gasteiger partial charge in [-0.15, -0.1) is 0 Å². The fourth-order valence-corrected chi connectivity index (χ4v) is 6.17. The molecule has 0 saturated heterocycles. The number of aliphatic hydroxyl groups excluding tert-OH is 5. The molecule has 0 heterocycles. The van der Waals surface area contributed by atoms with Crippen molar-refractivity contribution in [1.29, 1.82) is 0 Å². The summed E-state index contributed by atoms with van der Waals surface area (Å²) in [5.74, 6) is 3.27. The number of hydrogen-bond acceptors (Lipinski definition) is 5. The highest BCUT2D eigenvalue weighted by Crippen LogP contribution is 2.33. The lowest BCUT2D eigenvalue weighted by Crippen LogP contribution is -2.31.